The summed E-state index contributed by atoms with van der Waals surface area (Å²) in [6.45, 7) is 7.69. The summed E-state index contributed by atoms with van der Waals surface area (Å²) in [4.78, 5) is 36.8. The van der Waals surface area contributed by atoms with Crippen molar-refractivity contribution >= 4 is 18.0 Å². The van der Waals surface area contributed by atoms with Crippen molar-refractivity contribution in [2.24, 2.45) is 46.3 Å². The van der Waals surface area contributed by atoms with Crippen LogP contribution in [-0.2, 0) is 20.9 Å². The van der Waals surface area contributed by atoms with Crippen molar-refractivity contribution in [2.75, 3.05) is 6.54 Å². The Bertz CT molecular complexity index is 1230. The van der Waals surface area contributed by atoms with Gasteiger partial charge in [-0.3, -0.25) is 4.79 Å². The van der Waals surface area contributed by atoms with Crippen molar-refractivity contribution in [3.63, 3.8) is 0 Å². The van der Waals surface area contributed by atoms with Crippen molar-refractivity contribution in [3.05, 3.63) is 35.9 Å². The van der Waals surface area contributed by atoms with Gasteiger partial charge in [0, 0.05) is 13.0 Å². The van der Waals surface area contributed by atoms with Crippen LogP contribution in [-0.4, -0.2) is 58.1 Å². The third-order valence-corrected chi connectivity index (χ3v) is 13.3. The lowest BCUT2D eigenvalue weighted by Crippen LogP contribution is -2.58. The Morgan fingerprint density at radius 2 is 1.66 bits per heavy atom. The van der Waals surface area contributed by atoms with Gasteiger partial charge in [0.1, 0.15) is 12.6 Å². The van der Waals surface area contributed by atoms with Crippen LogP contribution in [0.15, 0.2) is 30.3 Å². The number of unbranched alkanes of at least 4 members (excludes halogenated alkanes) is 1. The highest BCUT2D eigenvalue weighted by atomic mass is 16.5. The van der Waals surface area contributed by atoms with E-state index in [4.69, 9.17) is 4.74 Å². The first-order valence-corrected chi connectivity index (χ1v) is 18.2. The molecule has 4 saturated carbocycles. The summed E-state index contributed by atoms with van der Waals surface area (Å²) in [7, 11) is 0. The lowest BCUT2D eigenvalue weighted by molar-refractivity contribution is -0.174. The van der Waals surface area contributed by atoms with Crippen molar-refractivity contribution in [1.29, 1.82) is 0 Å². The quantitative estimate of drug-likeness (QED) is 0.163. The number of hydrogen-bond acceptors (Lipinski definition) is 6. The number of hydrogen-bond donors (Lipinski definition) is 5. The van der Waals surface area contributed by atoms with Crippen LogP contribution < -0.4 is 10.6 Å². The van der Waals surface area contributed by atoms with Crippen LogP contribution in [0.4, 0.5) is 4.79 Å². The van der Waals surface area contributed by atoms with Gasteiger partial charge in [0.25, 0.3) is 0 Å². The highest BCUT2D eigenvalue weighted by Gasteiger charge is 2.62. The maximum Gasteiger partial charge on any atom is 0.407 e. The summed E-state index contributed by atoms with van der Waals surface area (Å²) in [5.41, 5.74) is 1.25. The molecule has 5 N–H and O–H groups in total. The predicted molar refractivity (Wildman–Crippen MR) is 179 cm³/mol. The molecule has 262 valence electrons. The van der Waals surface area contributed by atoms with Crippen LogP contribution in [0, 0.1) is 46.3 Å². The van der Waals surface area contributed by atoms with Gasteiger partial charge in [-0.1, -0.05) is 51.1 Å². The minimum Gasteiger partial charge on any atom is -0.480 e. The first kappa shape index (κ1) is 35.7. The fraction of sp³-hybridized carbons (Fsp3) is 0.763. The number of fused-ring (bicyclic) bond motifs is 5. The van der Waals surface area contributed by atoms with E-state index >= 15 is 0 Å². The zero-order valence-electron chi connectivity index (χ0n) is 28.7. The number of benzene rings is 1. The molecule has 0 heterocycles. The molecule has 4 fully saturated rings. The van der Waals surface area contributed by atoms with Gasteiger partial charge >= 0.3 is 12.1 Å². The molecule has 0 saturated heterocycles. The number of aliphatic hydroxyl groups is 2. The molecule has 47 heavy (non-hydrogen) atoms. The highest BCUT2D eigenvalue weighted by molar-refractivity contribution is 5.83. The first-order valence-electron chi connectivity index (χ1n) is 18.2. The molecular formula is C38H58N2O7. The Morgan fingerprint density at radius 3 is 2.40 bits per heavy atom. The minimum atomic E-state index is -1.04. The number of carboxylic acid groups (broad SMARTS) is 1. The molecule has 0 aliphatic heterocycles. The van der Waals surface area contributed by atoms with Crippen molar-refractivity contribution in [1.82, 2.24) is 10.6 Å². The minimum absolute atomic E-state index is 0.140. The second-order valence-electron chi connectivity index (χ2n) is 15.9. The van der Waals surface area contributed by atoms with Crippen molar-refractivity contribution in [3.8, 4) is 0 Å². The summed E-state index contributed by atoms with van der Waals surface area (Å²) in [6.07, 6.45) is 9.49. The Hall–Kier alpha value is -2.65. The van der Waals surface area contributed by atoms with Gasteiger partial charge in [-0.15, -0.1) is 0 Å². The number of carbonyl (C=O) groups excluding carboxylic acids is 2. The molecule has 0 radical (unpaired) electrons. The molecule has 11 atom stereocenters. The van der Waals surface area contributed by atoms with E-state index in [-0.39, 0.29) is 35.6 Å². The van der Waals surface area contributed by atoms with Gasteiger partial charge in [0.15, 0.2) is 0 Å². The molecule has 2 amide bonds. The Kier molecular flexibility index (Phi) is 11.6. The average molecular weight is 655 g/mol. The number of aliphatic carboxylic acids is 1. The van der Waals surface area contributed by atoms with Crippen LogP contribution in [0.25, 0.3) is 0 Å². The van der Waals surface area contributed by atoms with Gasteiger partial charge < -0.3 is 30.7 Å². The largest absolute Gasteiger partial charge is 0.480 e. The van der Waals surface area contributed by atoms with E-state index in [1.807, 2.05) is 30.3 Å². The summed E-state index contributed by atoms with van der Waals surface area (Å²) in [5, 5.41) is 37.0. The average Bonchev–Trinajstić information content (AvgIpc) is 3.40. The zero-order valence-corrected chi connectivity index (χ0v) is 28.7. The van der Waals surface area contributed by atoms with E-state index in [0.29, 0.717) is 74.2 Å². The molecular weight excluding hydrogens is 596 g/mol. The fourth-order valence-electron chi connectivity index (χ4n) is 10.7. The summed E-state index contributed by atoms with van der Waals surface area (Å²) < 4.78 is 5.20. The Balaban J connectivity index is 1.04. The maximum atomic E-state index is 12.9. The van der Waals surface area contributed by atoms with Gasteiger partial charge in [-0.25, -0.2) is 9.59 Å². The summed E-state index contributed by atoms with van der Waals surface area (Å²) >= 11 is 0. The maximum absolute atomic E-state index is 12.9. The highest BCUT2D eigenvalue weighted by Crippen LogP contribution is 2.68. The summed E-state index contributed by atoms with van der Waals surface area (Å²) in [6, 6.07) is 8.47. The number of rotatable bonds is 13. The number of carbonyl (C=O) groups is 3. The molecule has 4 aliphatic rings. The van der Waals surface area contributed by atoms with Crippen LogP contribution in [0.2, 0.25) is 0 Å². The van der Waals surface area contributed by atoms with E-state index in [0.717, 1.165) is 56.9 Å². The standard InChI is InChI=1S/C38H58N2O7/c1-24(12-15-33(43)40-31(35(44)45)11-7-8-20-39-36(46)47-23-25-9-5-4-6-10-25)28-13-14-29-34-30(17-19-38(28,29)3)37(2)18-16-27(41)21-26(37)22-32(34)42/h4-6,9-10,24,26-32,34,41-42H,7-8,11-23H2,1-3H3,(H,39,46)(H,40,43)(H,44,45)/t24-,26?,27-,28?,29?,30?,31+,32+,34?,37+,38-/m1/s1. The summed E-state index contributed by atoms with van der Waals surface area (Å²) in [5.74, 6) is 1.26. The van der Waals surface area contributed by atoms with Crippen LogP contribution in [0.5, 0.6) is 0 Å². The third-order valence-electron chi connectivity index (χ3n) is 13.3. The lowest BCUT2D eigenvalue weighted by atomic mass is 9.43. The second-order valence-corrected chi connectivity index (χ2v) is 15.9. The molecule has 0 bridgehead atoms. The van der Waals surface area contributed by atoms with E-state index in [9.17, 15) is 29.7 Å². The molecule has 1 aromatic rings. The van der Waals surface area contributed by atoms with E-state index in [1.165, 1.54) is 0 Å². The smallest absolute Gasteiger partial charge is 0.407 e. The lowest BCUT2D eigenvalue weighted by Gasteiger charge is -2.62. The van der Waals surface area contributed by atoms with Crippen molar-refractivity contribution < 1.29 is 34.4 Å². The third kappa shape index (κ3) is 7.98. The van der Waals surface area contributed by atoms with Crippen LogP contribution in [0.1, 0.15) is 110 Å². The van der Waals surface area contributed by atoms with E-state index < -0.39 is 18.1 Å². The SMILES string of the molecule is C[C@H](CCC(=O)N[C@@H](CCCCNC(=O)OCc1ccccc1)C(=O)O)C1CCC2C3C(CC[C@@]21C)[C@@]1(C)CC[C@@H](O)CC1C[C@@H]3O. The van der Waals surface area contributed by atoms with Gasteiger partial charge in [-0.2, -0.15) is 0 Å². The van der Waals surface area contributed by atoms with Gasteiger partial charge in [0.05, 0.1) is 12.2 Å². The number of nitrogens with one attached hydrogen (secondary N) is 2. The first-order chi connectivity index (χ1) is 22.4. The Morgan fingerprint density at radius 1 is 0.936 bits per heavy atom. The fourth-order valence-corrected chi connectivity index (χ4v) is 10.7. The normalized spacial score (nSPS) is 35.8. The van der Waals surface area contributed by atoms with Gasteiger partial charge in [-0.05, 0) is 129 Å². The van der Waals surface area contributed by atoms with Gasteiger partial charge in [0.2, 0.25) is 5.91 Å². The number of carboxylic acids is 1. The van der Waals surface area contributed by atoms with E-state index in [2.05, 4.69) is 31.4 Å². The second kappa shape index (κ2) is 15.3. The molecule has 0 spiro atoms. The number of aliphatic hydroxyl groups excluding tert-OH is 2. The Labute approximate surface area is 280 Å². The monoisotopic (exact) mass is 654 g/mol. The van der Waals surface area contributed by atoms with Crippen LogP contribution >= 0.6 is 0 Å². The van der Waals surface area contributed by atoms with Crippen molar-refractivity contribution in [2.45, 2.75) is 129 Å². The number of alkyl carbamates (subject to hydrolysis) is 1. The number of amides is 2. The number of ether oxygens (including phenoxy) is 1. The molecule has 5 unspecified atom stereocenters. The topological polar surface area (TPSA) is 145 Å². The molecule has 5 rings (SSSR count). The van der Waals surface area contributed by atoms with Crippen LogP contribution in [0.3, 0.4) is 0 Å². The predicted octanol–water partition coefficient (Wildman–Crippen LogP) is 6.06. The molecule has 4 aliphatic carbocycles. The molecule has 1 aromatic carbocycles. The zero-order chi connectivity index (χ0) is 33.8. The van der Waals surface area contributed by atoms with E-state index in [1.54, 1.807) is 0 Å². The molecule has 9 heteroatoms. The molecule has 9 nitrogen and oxygen atoms in total. The molecule has 0 aromatic heterocycles.